The number of fused-ring (bicyclic) bond motifs is 1. The van der Waals surface area contributed by atoms with Crippen LogP contribution >= 0.6 is 0 Å². The molecule has 1 atom stereocenters. The fraction of sp³-hybridized carbons (Fsp3) is 0.300. The number of methoxy groups -OCH3 is 1. The van der Waals surface area contributed by atoms with Crippen molar-refractivity contribution in [1.82, 2.24) is 0 Å². The number of sulfone groups is 1. The molecule has 200 valence electrons. The molecule has 0 fully saturated rings. The highest BCUT2D eigenvalue weighted by atomic mass is 32.2. The number of carbonyl (C=O) groups excluding carboxylic acids is 1. The molecule has 38 heavy (non-hydrogen) atoms. The topological polar surface area (TPSA) is 90.9 Å². The molecular formula is C30H33NO6S. The van der Waals surface area contributed by atoms with Gasteiger partial charge in [-0.3, -0.25) is 0 Å². The lowest BCUT2D eigenvalue weighted by atomic mass is 9.93. The molecule has 1 heterocycles. The van der Waals surface area contributed by atoms with Gasteiger partial charge in [0.2, 0.25) is 0 Å². The third-order valence-electron chi connectivity index (χ3n) is 6.37. The summed E-state index contributed by atoms with van der Waals surface area (Å²) in [6.45, 7) is 4.95. The predicted molar refractivity (Wildman–Crippen MR) is 151 cm³/mol. The van der Waals surface area contributed by atoms with E-state index in [1.165, 1.54) is 19.4 Å². The number of hydrogen-bond acceptors (Lipinski definition) is 7. The molecule has 0 saturated carbocycles. The van der Waals surface area contributed by atoms with Crippen LogP contribution in [-0.4, -0.2) is 46.7 Å². The van der Waals surface area contributed by atoms with Crippen molar-refractivity contribution in [1.29, 1.82) is 0 Å². The minimum Gasteiger partial charge on any atom is -0.494 e. The third-order valence-corrected chi connectivity index (χ3v) is 7.40. The molecule has 0 saturated heterocycles. The van der Waals surface area contributed by atoms with Crippen LogP contribution in [0.15, 0.2) is 60.7 Å². The standard InChI is InChI=1S/C30H33NO6S/c1-20-15-25(36-13-6-14-38(4,33)34)16-21(2)30(20)24-8-5-7-23(18-24)27-19-37-28-17-22(9-11-26(28)31-27)10-12-29(32)35-3/h5,7-12,15-18,27,31H,6,13-14,19H2,1-4H3/b12-10+. The van der Waals surface area contributed by atoms with E-state index >= 15 is 0 Å². The van der Waals surface area contributed by atoms with Gasteiger partial charge in [0, 0.05) is 12.3 Å². The Balaban J connectivity index is 1.48. The van der Waals surface area contributed by atoms with E-state index in [1.54, 1.807) is 6.08 Å². The first-order valence-corrected chi connectivity index (χ1v) is 14.5. The molecule has 0 amide bonds. The molecule has 1 aliphatic heterocycles. The SMILES string of the molecule is COC(=O)/C=C/c1ccc2c(c1)OCC(c1cccc(-c3c(C)cc(OCCCS(C)(=O)=O)cc3C)c1)N2. The maximum atomic E-state index is 11.4. The Hall–Kier alpha value is -3.78. The lowest BCUT2D eigenvalue weighted by molar-refractivity contribution is -0.134. The summed E-state index contributed by atoms with van der Waals surface area (Å²) in [7, 11) is -1.64. The predicted octanol–water partition coefficient (Wildman–Crippen LogP) is 5.52. The number of esters is 1. The second-order valence-corrected chi connectivity index (χ2v) is 11.8. The molecule has 0 aromatic heterocycles. The van der Waals surface area contributed by atoms with Crippen molar-refractivity contribution in [2.24, 2.45) is 0 Å². The maximum Gasteiger partial charge on any atom is 0.330 e. The molecule has 0 radical (unpaired) electrons. The van der Waals surface area contributed by atoms with E-state index in [1.807, 2.05) is 30.3 Å². The highest BCUT2D eigenvalue weighted by Crippen LogP contribution is 2.37. The fourth-order valence-electron chi connectivity index (χ4n) is 4.58. The number of aryl methyl sites for hydroxylation is 2. The Bertz CT molecular complexity index is 1440. The number of hydrogen-bond donors (Lipinski definition) is 1. The third kappa shape index (κ3) is 6.95. The van der Waals surface area contributed by atoms with E-state index in [0.717, 1.165) is 50.6 Å². The molecule has 3 aromatic rings. The van der Waals surface area contributed by atoms with Crippen molar-refractivity contribution in [3.8, 4) is 22.6 Å². The summed E-state index contributed by atoms with van der Waals surface area (Å²) in [5.74, 6) is 1.20. The van der Waals surface area contributed by atoms with Crippen molar-refractivity contribution in [3.63, 3.8) is 0 Å². The Labute approximate surface area is 224 Å². The lowest BCUT2D eigenvalue weighted by Gasteiger charge is -2.28. The van der Waals surface area contributed by atoms with Gasteiger partial charge < -0.3 is 19.5 Å². The number of anilines is 1. The summed E-state index contributed by atoms with van der Waals surface area (Å²) < 4.78 is 39.2. The van der Waals surface area contributed by atoms with Gasteiger partial charge in [-0.05, 0) is 90.1 Å². The van der Waals surface area contributed by atoms with E-state index in [2.05, 4.69) is 48.2 Å². The summed E-state index contributed by atoms with van der Waals surface area (Å²) >= 11 is 0. The molecule has 1 aliphatic rings. The Morgan fingerprint density at radius 2 is 1.87 bits per heavy atom. The van der Waals surface area contributed by atoms with Crippen molar-refractivity contribution >= 4 is 27.6 Å². The minimum atomic E-state index is -2.99. The summed E-state index contributed by atoms with van der Waals surface area (Å²) in [5.41, 5.74) is 7.29. The summed E-state index contributed by atoms with van der Waals surface area (Å²) in [5, 5.41) is 3.57. The van der Waals surface area contributed by atoms with Crippen LogP contribution in [0.1, 0.15) is 34.7 Å². The van der Waals surface area contributed by atoms with E-state index in [4.69, 9.17) is 9.47 Å². The van der Waals surface area contributed by atoms with E-state index in [0.29, 0.717) is 19.6 Å². The first-order valence-electron chi connectivity index (χ1n) is 12.4. The monoisotopic (exact) mass is 535 g/mol. The molecule has 1 N–H and O–H groups in total. The Morgan fingerprint density at radius 3 is 2.58 bits per heavy atom. The van der Waals surface area contributed by atoms with Crippen molar-refractivity contribution < 1.29 is 27.4 Å². The van der Waals surface area contributed by atoms with E-state index in [9.17, 15) is 13.2 Å². The highest BCUT2D eigenvalue weighted by Gasteiger charge is 2.21. The number of carbonyl (C=O) groups is 1. The lowest BCUT2D eigenvalue weighted by Crippen LogP contribution is -2.24. The van der Waals surface area contributed by atoms with Gasteiger partial charge in [-0.25, -0.2) is 13.2 Å². The molecular weight excluding hydrogens is 502 g/mol. The molecule has 8 heteroatoms. The highest BCUT2D eigenvalue weighted by molar-refractivity contribution is 7.90. The second kappa shape index (κ2) is 11.7. The molecule has 4 rings (SSSR count). The van der Waals surface area contributed by atoms with E-state index < -0.39 is 15.8 Å². The van der Waals surface area contributed by atoms with Crippen LogP contribution in [0, 0.1) is 13.8 Å². The van der Waals surface area contributed by atoms with Crippen LogP contribution in [0.2, 0.25) is 0 Å². The maximum absolute atomic E-state index is 11.4. The molecule has 0 aliphatic carbocycles. The minimum absolute atomic E-state index is 0.0167. The zero-order chi connectivity index (χ0) is 27.3. The molecule has 1 unspecified atom stereocenters. The van der Waals surface area contributed by atoms with Crippen LogP contribution in [0.25, 0.3) is 17.2 Å². The summed E-state index contributed by atoms with van der Waals surface area (Å²) in [6.07, 6.45) is 4.78. The fourth-order valence-corrected chi connectivity index (χ4v) is 5.22. The molecule has 7 nitrogen and oxygen atoms in total. The summed E-state index contributed by atoms with van der Waals surface area (Å²) in [4.78, 5) is 11.4. The van der Waals surface area contributed by atoms with Gasteiger partial charge in [0.15, 0.2) is 0 Å². The average Bonchev–Trinajstić information content (AvgIpc) is 2.88. The van der Waals surface area contributed by atoms with Crippen LogP contribution in [-0.2, 0) is 19.4 Å². The zero-order valence-electron chi connectivity index (χ0n) is 22.1. The molecule has 0 spiro atoms. The zero-order valence-corrected chi connectivity index (χ0v) is 22.9. The first-order chi connectivity index (χ1) is 18.1. The van der Waals surface area contributed by atoms with Crippen LogP contribution in [0.3, 0.4) is 0 Å². The van der Waals surface area contributed by atoms with Crippen molar-refractivity contribution in [3.05, 3.63) is 82.9 Å². The van der Waals surface area contributed by atoms with Gasteiger partial charge in [-0.2, -0.15) is 0 Å². The van der Waals surface area contributed by atoms with Gasteiger partial charge in [-0.15, -0.1) is 0 Å². The quantitative estimate of drug-likeness (QED) is 0.219. The first kappa shape index (κ1) is 27.3. The second-order valence-electron chi connectivity index (χ2n) is 9.51. The van der Waals surface area contributed by atoms with Gasteiger partial charge >= 0.3 is 5.97 Å². The number of rotatable bonds is 9. The van der Waals surface area contributed by atoms with Crippen molar-refractivity contribution in [2.45, 2.75) is 26.3 Å². The van der Waals surface area contributed by atoms with Gasteiger partial charge in [0.25, 0.3) is 0 Å². The van der Waals surface area contributed by atoms with Crippen LogP contribution in [0.5, 0.6) is 11.5 Å². The molecule has 3 aromatic carbocycles. The normalized spacial score (nSPS) is 14.9. The Morgan fingerprint density at radius 1 is 1.11 bits per heavy atom. The van der Waals surface area contributed by atoms with Crippen LogP contribution < -0.4 is 14.8 Å². The van der Waals surface area contributed by atoms with Gasteiger partial charge in [-0.1, -0.05) is 24.3 Å². The smallest absolute Gasteiger partial charge is 0.330 e. The largest absolute Gasteiger partial charge is 0.494 e. The summed E-state index contributed by atoms with van der Waals surface area (Å²) in [6, 6.07) is 18.2. The number of ether oxygens (including phenoxy) is 3. The molecule has 0 bridgehead atoms. The Kier molecular flexibility index (Phi) is 8.42. The van der Waals surface area contributed by atoms with Crippen molar-refractivity contribution in [2.75, 3.05) is 37.6 Å². The van der Waals surface area contributed by atoms with Gasteiger partial charge in [0.05, 0.1) is 31.2 Å². The number of benzene rings is 3. The van der Waals surface area contributed by atoms with E-state index in [-0.39, 0.29) is 11.8 Å². The van der Waals surface area contributed by atoms with Gasteiger partial charge in [0.1, 0.15) is 27.9 Å². The average molecular weight is 536 g/mol. The van der Waals surface area contributed by atoms with Crippen LogP contribution in [0.4, 0.5) is 5.69 Å². The number of nitrogens with one attached hydrogen (secondary N) is 1.